The van der Waals surface area contributed by atoms with E-state index in [-0.39, 0.29) is 13.2 Å². The first-order chi connectivity index (χ1) is 9.63. The molecule has 106 valence electrons. The molecule has 0 saturated heterocycles. The summed E-state index contributed by atoms with van der Waals surface area (Å²) in [5.41, 5.74) is 1.45. The normalized spacial score (nSPS) is 10.4. The van der Waals surface area contributed by atoms with Crippen LogP contribution in [0.4, 0.5) is 0 Å². The summed E-state index contributed by atoms with van der Waals surface area (Å²) in [7, 11) is 1.57. The number of aliphatic hydroxyl groups excluding tert-OH is 1. The molecule has 1 N–H and O–H groups in total. The van der Waals surface area contributed by atoms with Gasteiger partial charge in [0.05, 0.1) is 13.7 Å². The molecule has 2 rings (SSSR count). The summed E-state index contributed by atoms with van der Waals surface area (Å²) < 4.78 is 10.8. The van der Waals surface area contributed by atoms with Gasteiger partial charge in [-0.1, -0.05) is 23.2 Å². The van der Waals surface area contributed by atoms with E-state index in [1.807, 2.05) is 0 Å². The first-order valence-electron chi connectivity index (χ1n) is 5.98. The van der Waals surface area contributed by atoms with Crippen LogP contribution in [0.2, 0.25) is 10.0 Å². The van der Waals surface area contributed by atoms with Crippen LogP contribution in [0.3, 0.4) is 0 Å². The van der Waals surface area contributed by atoms with E-state index in [0.29, 0.717) is 27.1 Å². The van der Waals surface area contributed by atoms with Crippen LogP contribution in [0.25, 0.3) is 0 Å². The Morgan fingerprint density at radius 1 is 1.05 bits per heavy atom. The Kier molecular flexibility index (Phi) is 5.12. The predicted octanol–water partition coefficient (Wildman–Crippen LogP) is 4.07. The molecule has 0 radical (unpaired) electrons. The van der Waals surface area contributed by atoms with Crippen molar-refractivity contribution in [2.75, 3.05) is 7.11 Å². The van der Waals surface area contributed by atoms with Gasteiger partial charge in [0.25, 0.3) is 0 Å². The van der Waals surface area contributed by atoms with Crippen molar-refractivity contribution >= 4 is 23.2 Å². The lowest BCUT2D eigenvalue weighted by molar-refractivity contribution is 0.258. The SMILES string of the molecule is COc1ccc(OCc2cc(Cl)ccc2Cl)c(CO)c1. The second-order valence-electron chi connectivity index (χ2n) is 4.16. The number of benzene rings is 2. The van der Waals surface area contributed by atoms with Crippen LogP contribution in [-0.4, -0.2) is 12.2 Å². The largest absolute Gasteiger partial charge is 0.497 e. The molecule has 0 saturated carbocycles. The Morgan fingerprint density at radius 3 is 2.55 bits per heavy atom. The van der Waals surface area contributed by atoms with Crippen molar-refractivity contribution in [3.63, 3.8) is 0 Å². The predicted molar refractivity (Wildman–Crippen MR) is 79.7 cm³/mol. The number of aliphatic hydroxyl groups is 1. The lowest BCUT2D eigenvalue weighted by Crippen LogP contribution is -2.00. The maximum Gasteiger partial charge on any atom is 0.125 e. The molecule has 0 aliphatic carbocycles. The molecule has 0 fully saturated rings. The lowest BCUT2D eigenvalue weighted by Gasteiger charge is -2.12. The van der Waals surface area contributed by atoms with Gasteiger partial charge in [-0.25, -0.2) is 0 Å². The fourth-order valence-electron chi connectivity index (χ4n) is 1.76. The van der Waals surface area contributed by atoms with E-state index < -0.39 is 0 Å². The van der Waals surface area contributed by atoms with Crippen molar-refractivity contribution < 1.29 is 14.6 Å². The topological polar surface area (TPSA) is 38.7 Å². The van der Waals surface area contributed by atoms with E-state index in [4.69, 9.17) is 32.7 Å². The molecule has 2 aromatic carbocycles. The third-order valence-corrected chi connectivity index (χ3v) is 3.43. The molecule has 5 heteroatoms. The summed E-state index contributed by atoms with van der Waals surface area (Å²) in [6, 6.07) is 10.5. The number of hydrogen-bond donors (Lipinski definition) is 1. The molecular formula is C15H14Cl2O3. The Hall–Kier alpha value is -1.42. The summed E-state index contributed by atoms with van der Waals surface area (Å²) in [6.07, 6.45) is 0. The summed E-state index contributed by atoms with van der Waals surface area (Å²) in [6.45, 7) is 0.147. The standard InChI is InChI=1S/C15H14Cl2O3/c1-19-13-3-5-15(10(7-13)8-18)20-9-11-6-12(16)2-4-14(11)17/h2-7,18H,8-9H2,1H3. The average Bonchev–Trinajstić information content (AvgIpc) is 2.48. The Labute approximate surface area is 127 Å². The average molecular weight is 313 g/mol. The summed E-state index contributed by atoms with van der Waals surface area (Å²) in [5, 5.41) is 10.5. The smallest absolute Gasteiger partial charge is 0.125 e. The minimum absolute atomic E-state index is 0.129. The minimum atomic E-state index is -0.129. The van der Waals surface area contributed by atoms with E-state index in [2.05, 4.69) is 0 Å². The lowest BCUT2D eigenvalue weighted by atomic mass is 10.2. The molecule has 0 aromatic heterocycles. The molecule has 0 atom stereocenters. The van der Waals surface area contributed by atoms with Gasteiger partial charge in [-0.3, -0.25) is 0 Å². The third kappa shape index (κ3) is 3.57. The third-order valence-electron chi connectivity index (χ3n) is 2.83. The summed E-state index contributed by atoms with van der Waals surface area (Å²) >= 11 is 12.0. The highest BCUT2D eigenvalue weighted by molar-refractivity contribution is 6.33. The van der Waals surface area contributed by atoms with Gasteiger partial charge in [-0.15, -0.1) is 0 Å². The van der Waals surface area contributed by atoms with Gasteiger partial charge >= 0.3 is 0 Å². The zero-order valence-electron chi connectivity index (χ0n) is 10.9. The number of hydrogen-bond acceptors (Lipinski definition) is 3. The molecule has 20 heavy (non-hydrogen) atoms. The fourth-order valence-corrected chi connectivity index (χ4v) is 2.12. The van der Waals surface area contributed by atoms with Gasteiger partial charge in [0.1, 0.15) is 18.1 Å². The monoisotopic (exact) mass is 312 g/mol. The molecular weight excluding hydrogens is 299 g/mol. The van der Waals surface area contributed by atoms with Crippen molar-refractivity contribution in [2.24, 2.45) is 0 Å². The number of ether oxygens (including phenoxy) is 2. The van der Waals surface area contributed by atoms with Crippen molar-refractivity contribution in [3.8, 4) is 11.5 Å². The molecule has 2 aromatic rings. The van der Waals surface area contributed by atoms with Crippen LogP contribution >= 0.6 is 23.2 Å². The van der Waals surface area contributed by atoms with E-state index in [1.54, 1.807) is 43.5 Å². The zero-order chi connectivity index (χ0) is 14.5. The molecule has 0 heterocycles. The van der Waals surface area contributed by atoms with Crippen LogP contribution in [0.1, 0.15) is 11.1 Å². The fraction of sp³-hybridized carbons (Fsp3) is 0.200. The molecule has 0 bridgehead atoms. The molecule has 0 amide bonds. The quantitative estimate of drug-likeness (QED) is 0.904. The highest BCUT2D eigenvalue weighted by Crippen LogP contribution is 2.27. The van der Waals surface area contributed by atoms with Crippen molar-refractivity contribution in [2.45, 2.75) is 13.2 Å². The van der Waals surface area contributed by atoms with E-state index in [1.165, 1.54) is 0 Å². The maximum atomic E-state index is 9.35. The van der Waals surface area contributed by atoms with Gasteiger partial charge in [0.15, 0.2) is 0 Å². The van der Waals surface area contributed by atoms with Gasteiger partial charge < -0.3 is 14.6 Å². The van der Waals surface area contributed by atoms with Crippen LogP contribution < -0.4 is 9.47 Å². The number of halogens is 2. The summed E-state index contributed by atoms with van der Waals surface area (Å²) in [4.78, 5) is 0. The maximum absolute atomic E-state index is 9.35. The Bertz CT molecular complexity index is 600. The van der Waals surface area contributed by atoms with Crippen molar-refractivity contribution in [3.05, 3.63) is 57.6 Å². The van der Waals surface area contributed by atoms with E-state index >= 15 is 0 Å². The van der Waals surface area contributed by atoms with E-state index in [0.717, 1.165) is 5.56 Å². The number of rotatable bonds is 5. The second kappa shape index (κ2) is 6.84. The second-order valence-corrected chi connectivity index (χ2v) is 5.00. The first-order valence-corrected chi connectivity index (χ1v) is 6.74. The first kappa shape index (κ1) is 15.0. The highest BCUT2D eigenvalue weighted by Gasteiger charge is 2.07. The van der Waals surface area contributed by atoms with Crippen LogP contribution in [0, 0.1) is 0 Å². The van der Waals surface area contributed by atoms with Crippen LogP contribution in [0.5, 0.6) is 11.5 Å². The zero-order valence-corrected chi connectivity index (χ0v) is 12.4. The number of methoxy groups -OCH3 is 1. The van der Waals surface area contributed by atoms with Gasteiger partial charge in [-0.05, 0) is 36.4 Å². The molecule has 0 aliphatic heterocycles. The van der Waals surface area contributed by atoms with Gasteiger partial charge in [-0.2, -0.15) is 0 Å². The minimum Gasteiger partial charge on any atom is -0.497 e. The van der Waals surface area contributed by atoms with Crippen molar-refractivity contribution in [1.29, 1.82) is 0 Å². The Balaban J connectivity index is 2.16. The highest BCUT2D eigenvalue weighted by atomic mass is 35.5. The molecule has 0 spiro atoms. The summed E-state index contributed by atoms with van der Waals surface area (Å²) in [5.74, 6) is 1.26. The van der Waals surface area contributed by atoms with Crippen LogP contribution in [-0.2, 0) is 13.2 Å². The Morgan fingerprint density at radius 2 is 1.85 bits per heavy atom. The molecule has 3 nitrogen and oxygen atoms in total. The molecule has 0 unspecified atom stereocenters. The van der Waals surface area contributed by atoms with Crippen molar-refractivity contribution in [1.82, 2.24) is 0 Å². The van der Waals surface area contributed by atoms with E-state index in [9.17, 15) is 5.11 Å². The molecule has 0 aliphatic rings. The van der Waals surface area contributed by atoms with Crippen LogP contribution in [0.15, 0.2) is 36.4 Å². The van der Waals surface area contributed by atoms with Gasteiger partial charge in [0.2, 0.25) is 0 Å². The van der Waals surface area contributed by atoms with Gasteiger partial charge in [0, 0.05) is 21.2 Å².